The lowest BCUT2D eigenvalue weighted by Gasteiger charge is -2.11. The Morgan fingerprint density at radius 3 is 2.59 bits per heavy atom. The van der Waals surface area contributed by atoms with E-state index in [1.807, 2.05) is 22.9 Å². The number of anilines is 1. The fourth-order valence-corrected chi connectivity index (χ4v) is 3.26. The monoisotopic (exact) mass is 386 g/mol. The third-order valence-corrected chi connectivity index (χ3v) is 4.69. The van der Waals surface area contributed by atoms with Crippen LogP contribution in [0, 0.1) is 11.3 Å². The number of nitrogens with two attached hydrogens (primary N) is 1. The Kier molecular flexibility index (Phi) is 4.49. The fraction of sp³-hybridized carbons (Fsp3) is 0.143. The summed E-state index contributed by atoms with van der Waals surface area (Å²) in [7, 11) is 0. The van der Waals surface area contributed by atoms with Gasteiger partial charge in [0.05, 0.1) is 11.2 Å². The second kappa shape index (κ2) is 7.13. The third kappa shape index (κ3) is 3.19. The molecular weight excluding hydrogens is 368 g/mol. The first-order chi connectivity index (χ1) is 14.0. The topological polar surface area (TPSA) is 134 Å². The molecule has 0 unspecified atom stereocenters. The van der Waals surface area contributed by atoms with Crippen LogP contribution in [-0.2, 0) is 6.54 Å². The first-order valence-corrected chi connectivity index (χ1v) is 9.08. The van der Waals surface area contributed by atoms with Gasteiger partial charge in [-0.2, -0.15) is 5.26 Å². The van der Waals surface area contributed by atoms with Crippen molar-refractivity contribution < 1.29 is 10.2 Å². The number of nitriles is 1. The number of phenols is 2. The van der Waals surface area contributed by atoms with E-state index in [-0.39, 0.29) is 22.9 Å². The minimum absolute atomic E-state index is 0.0855. The van der Waals surface area contributed by atoms with Crippen molar-refractivity contribution in [3.63, 3.8) is 0 Å². The van der Waals surface area contributed by atoms with Gasteiger partial charge >= 0.3 is 0 Å². The van der Waals surface area contributed by atoms with Crippen LogP contribution in [0.5, 0.6) is 11.5 Å². The molecule has 0 aliphatic heterocycles. The molecule has 0 fully saturated rings. The molecule has 144 valence electrons. The van der Waals surface area contributed by atoms with Crippen molar-refractivity contribution in [1.29, 1.82) is 5.26 Å². The lowest BCUT2D eigenvalue weighted by Crippen LogP contribution is -2.00. The third-order valence-electron chi connectivity index (χ3n) is 4.69. The number of hydrogen-bond donors (Lipinski definition) is 3. The number of aromatic hydroxyl groups is 2. The maximum atomic E-state index is 9.85. The number of aromatic nitrogens is 4. The van der Waals surface area contributed by atoms with Crippen LogP contribution >= 0.6 is 0 Å². The van der Waals surface area contributed by atoms with Crippen LogP contribution in [0.15, 0.2) is 42.5 Å². The van der Waals surface area contributed by atoms with Gasteiger partial charge in [0, 0.05) is 17.7 Å². The largest absolute Gasteiger partial charge is 0.504 e. The molecule has 0 amide bonds. The number of nitrogens with zero attached hydrogens (tertiary/aromatic N) is 5. The molecular formula is C21H18N6O2. The summed E-state index contributed by atoms with van der Waals surface area (Å²) < 4.78 is 1.85. The van der Waals surface area contributed by atoms with Crippen molar-refractivity contribution in [3.8, 4) is 40.0 Å². The van der Waals surface area contributed by atoms with Gasteiger partial charge in [-0.05, 0) is 42.3 Å². The summed E-state index contributed by atoms with van der Waals surface area (Å²) in [5.41, 5.74) is 10.3. The fourth-order valence-electron chi connectivity index (χ4n) is 3.26. The van der Waals surface area contributed by atoms with Gasteiger partial charge in [0.2, 0.25) is 0 Å². The molecule has 0 saturated carbocycles. The van der Waals surface area contributed by atoms with E-state index < -0.39 is 0 Å². The number of aryl methyl sites for hydroxylation is 1. The molecule has 8 heteroatoms. The first kappa shape index (κ1) is 18.3. The summed E-state index contributed by atoms with van der Waals surface area (Å²) in [6, 6.07) is 13.9. The zero-order chi connectivity index (χ0) is 20.5. The van der Waals surface area contributed by atoms with E-state index in [2.05, 4.69) is 28.3 Å². The number of rotatable bonds is 4. The normalized spacial score (nSPS) is 10.9. The van der Waals surface area contributed by atoms with E-state index in [9.17, 15) is 15.5 Å². The van der Waals surface area contributed by atoms with Crippen LogP contribution in [-0.4, -0.2) is 30.2 Å². The molecule has 0 radical (unpaired) electrons. The quantitative estimate of drug-likeness (QED) is 0.457. The van der Waals surface area contributed by atoms with Crippen molar-refractivity contribution in [3.05, 3.63) is 48.0 Å². The average molecular weight is 386 g/mol. The molecule has 4 rings (SSSR count). The Bertz CT molecular complexity index is 1270. The second-order valence-corrected chi connectivity index (χ2v) is 6.65. The van der Waals surface area contributed by atoms with Gasteiger partial charge in [-0.25, -0.2) is 9.67 Å². The molecule has 0 aliphatic carbocycles. The lowest BCUT2D eigenvalue weighted by molar-refractivity contribution is 0.404. The zero-order valence-corrected chi connectivity index (χ0v) is 15.7. The average Bonchev–Trinajstić information content (AvgIpc) is 3.12. The molecule has 0 spiro atoms. The van der Waals surface area contributed by atoms with Crippen LogP contribution in [0.3, 0.4) is 0 Å². The minimum atomic E-state index is -0.280. The first-order valence-electron chi connectivity index (χ1n) is 9.08. The Balaban J connectivity index is 1.86. The summed E-state index contributed by atoms with van der Waals surface area (Å²) in [5.74, 6) is -0.435. The molecule has 8 nitrogen and oxygen atoms in total. The predicted molar refractivity (Wildman–Crippen MR) is 109 cm³/mol. The SMILES string of the molecule is CCCn1nnc2cc(-c3cc(-c4ccc(O)c(O)c4)c(C#N)c(N)n3)ccc21. The molecule has 2 aromatic heterocycles. The number of pyridine rings is 1. The smallest absolute Gasteiger partial charge is 0.158 e. The standard InChI is InChI=1S/C21H18N6O2/c1-2-7-27-18-5-3-13(8-17(18)25-26-27)16-10-14(15(11-22)21(23)24-16)12-4-6-19(28)20(29)9-12/h3-6,8-10,28-29H,2,7H2,1H3,(H2,23,24). The molecule has 4 N–H and O–H groups in total. The maximum Gasteiger partial charge on any atom is 0.158 e. The molecule has 0 aliphatic rings. The number of benzene rings is 2. The molecule has 29 heavy (non-hydrogen) atoms. The van der Waals surface area contributed by atoms with E-state index in [4.69, 9.17) is 5.73 Å². The van der Waals surface area contributed by atoms with Crippen LogP contribution in [0.1, 0.15) is 18.9 Å². The van der Waals surface area contributed by atoms with Crippen molar-refractivity contribution in [2.45, 2.75) is 19.9 Å². The highest BCUT2D eigenvalue weighted by molar-refractivity contribution is 5.84. The summed E-state index contributed by atoms with van der Waals surface area (Å²) in [6.07, 6.45) is 0.955. The van der Waals surface area contributed by atoms with Gasteiger partial charge in [0.15, 0.2) is 11.5 Å². The minimum Gasteiger partial charge on any atom is -0.504 e. The summed E-state index contributed by atoms with van der Waals surface area (Å²) in [5, 5.41) is 37.4. The highest BCUT2D eigenvalue weighted by atomic mass is 16.3. The van der Waals surface area contributed by atoms with Gasteiger partial charge in [-0.1, -0.05) is 24.3 Å². The highest BCUT2D eigenvalue weighted by Gasteiger charge is 2.15. The van der Waals surface area contributed by atoms with Gasteiger partial charge in [0.25, 0.3) is 0 Å². The summed E-state index contributed by atoms with van der Waals surface area (Å²) in [6.45, 7) is 2.86. The Morgan fingerprint density at radius 1 is 1.07 bits per heavy atom. The number of hydrogen-bond acceptors (Lipinski definition) is 7. The van der Waals surface area contributed by atoms with E-state index in [0.29, 0.717) is 16.8 Å². The van der Waals surface area contributed by atoms with Gasteiger partial charge in [-0.15, -0.1) is 5.10 Å². The Labute approximate surface area is 166 Å². The summed E-state index contributed by atoms with van der Waals surface area (Å²) in [4.78, 5) is 4.38. The molecule has 2 aromatic carbocycles. The molecule has 2 heterocycles. The number of fused-ring (bicyclic) bond motifs is 1. The van der Waals surface area contributed by atoms with Crippen molar-refractivity contribution in [1.82, 2.24) is 20.0 Å². The summed E-state index contributed by atoms with van der Waals surface area (Å²) >= 11 is 0. The van der Waals surface area contributed by atoms with Crippen molar-refractivity contribution in [2.75, 3.05) is 5.73 Å². The van der Waals surface area contributed by atoms with Crippen molar-refractivity contribution >= 4 is 16.9 Å². The number of phenolic OH excluding ortho intramolecular Hbond substituents is 2. The number of nitrogen functional groups attached to an aromatic ring is 1. The maximum absolute atomic E-state index is 9.85. The van der Waals surface area contributed by atoms with E-state index in [1.54, 1.807) is 12.1 Å². The molecule has 0 bridgehead atoms. The Morgan fingerprint density at radius 2 is 1.86 bits per heavy atom. The van der Waals surface area contributed by atoms with Gasteiger partial charge < -0.3 is 15.9 Å². The lowest BCUT2D eigenvalue weighted by atomic mass is 9.98. The van der Waals surface area contributed by atoms with Gasteiger partial charge in [0.1, 0.15) is 23.0 Å². The Hall–Kier alpha value is -4.12. The molecule has 0 atom stereocenters. The highest BCUT2D eigenvalue weighted by Crippen LogP contribution is 2.35. The van der Waals surface area contributed by atoms with Crippen LogP contribution in [0.4, 0.5) is 5.82 Å². The van der Waals surface area contributed by atoms with E-state index in [0.717, 1.165) is 29.6 Å². The molecule has 4 aromatic rings. The van der Waals surface area contributed by atoms with Crippen LogP contribution in [0.2, 0.25) is 0 Å². The van der Waals surface area contributed by atoms with E-state index >= 15 is 0 Å². The zero-order valence-electron chi connectivity index (χ0n) is 15.7. The van der Waals surface area contributed by atoms with Crippen molar-refractivity contribution in [2.24, 2.45) is 0 Å². The van der Waals surface area contributed by atoms with Gasteiger partial charge in [-0.3, -0.25) is 0 Å². The second-order valence-electron chi connectivity index (χ2n) is 6.65. The van der Waals surface area contributed by atoms with E-state index in [1.165, 1.54) is 12.1 Å². The predicted octanol–water partition coefficient (Wildman–Crippen LogP) is 3.44. The van der Waals surface area contributed by atoms with Crippen LogP contribution in [0.25, 0.3) is 33.4 Å². The molecule has 0 saturated heterocycles. The van der Waals surface area contributed by atoms with Crippen LogP contribution < -0.4 is 5.73 Å².